The van der Waals surface area contributed by atoms with Gasteiger partial charge >= 0.3 is 17.9 Å². The van der Waals surface area contributed by atoms with Crippen LogP contribution >= 0.6 is 0 Å². The summed E-state index contributed by atoms with van der Waals surface area (Å²) >= 11 is 0. The summed E-state index contributed by atoms with van der Waals surface area (Å²) in [5, 5.41) is 20.7. The Bertz CT molecular complexity index is 523. The van der Waals surface area contributed by atoms with Crippen molar-refractivity contribution in [2.24, 2.45) is 0 Å². The molecule has 120 valence electrons. The minimum atomic E-state index is -1.21. The lowest BCUT2D eigenvalue weighted by molar-refractivity contribution is -0.142. The van der Waals surface area contributed by atoms with Crippen molar-refractivity contribution in [2.45, 2.75) is 26.3 Å². The first-order chi connectivity index (χ1) is 10.4. The molecule has 1 rings (SSSR count). The number of carboxylic acid groups (broad SMARTS) is 2. The van der Waals surface area contributed by atoms with E-state index < -0.39 is 17.9 Å². The van der Waals surface area contributed by atoms with E-state index in [0.717, 1.165) is 18.9 Å². The fraction of sp³-hybridized carbons (Fsp3) is 0.400. The van der Waals surface area contributed by atoms with Crippen LogP contribution in [0.15, 0.2) is 18.2 Å². The van der Waals surface area contributed by atoms with Crippen LogP contribution in [0.25, 0.3) is 0 Å². The van der Waals surface area contributed by atoms with E-state index >= 15 is 0 Å². The number of hydrogen-bond donors (Lipinski definition) is 3. The van der Waals surface area contributed by atoms with Gasteiger partial charge in [0.05, 0.1) is 24.3 Å². The van der Waals surface area contributed by atoms with Gasteiger partial charge in [-0.1, -0.05) is 13.3 Å². The molecule has 0 unspecified atom stereocenters. The van der Waals surface area contributed by atoms with Crippen LogP contribution in [0.3, 0.4) is 0 Å². The van der Waals surface area contributed by atoms with Gasteiger partial charge in [0.2, 0.25) is 0 Å². The molecule has 22 heavy (non-hydrogen) atoms. The Hall–Kier alpha value is -2.41. The first kappa shape index (κ1) is 17.6. The van der Waals surface area contributed by atoms with Crippen LogP contribution < -0.4 is 5.32 Å². The Labute approximate surface area is 127 Å². The SMILES string of the molecule is CCCCOC(=O)CNCc1cc(C(=O)O)cc(C(=O)O)c1. The second-order valence-corrected chi connectivity index (χ2v) is 4.71. The van der Waals surface area contributed by atoms with Gasteiger partial charge in [0, 0.05) is 6.54 Å². The zero-order valence-electron chi connectivity index (χ0n) is 12.3. The molecule has 0 fully saturated rings. The fourth-order valence-electron chi connectivity index (χ4n) is 1.73. The lowest BCUT2D eigenvalue weighted by Crippen LogP contribution is -2.25. The third-order valence-corrected chi connectivity index (χ3v) is 2.85. The van der Waals surface area contributed by atoms with Crippen LogP contribution in [0.4, 0.5) is 0 Å². The minimum absolute atomic E-state index is 0.0244. The average Bonchev–Trinajstić information content (AvgIpc) is 2.47. The largest absolute Gasteiger partial charge is 0.478 e. The van der Waals surface area contributed by atoms with Crippen LogP contribution in [0.5, 0.6) is 0 Å². The molecule has 0 saturated heterocycles. The summed E-state index contributed by atoms with van der Waals surface area (Å²) in [5.74, 6) is -2.81. The number of ether oxygens (including phenoxy) is 1. The Morgan fingerprint density at radius 2 is 1.68 bits per heavy atom. The summed E-state index contributed by atoms with van der Waals surface area (Å²) < 4.78 is 4.95. The molecule has 0 atom stereocenters. The number of carboxylic acids is 2. The maximum atomic E-state index is 11.4. The van der Waals surface area contributed by atoms with Crippen LogP contribution in [-0.4, -0.2) is 41.3 Å². The van der Waals surface area contributed by atoms with Gasteiger partial charge in [-0.25, -0.2) is 9.59 Å². The smallest absolute Gasteiger partial charge is 0.335 e. The zero-order chi connectivity index (χ0) is 16.5. The summed E-state index contributed by atoms with van der Waals surface area (Å²) in [6, 6.07) is 3.82. The van der Waals surface area contributed by atoms with Crippen LogP contribution in [-0.2, 0) is 16.1 Å². The lowest BCUT2D eigenvalue weighted by Gasteiger charge is -2.08. The quantitative estimate of drug-likeness (QED) is 0.468. The lowest BCUT2D eigenvalue weighted by atomic mass is 10.1. The number of benzene rings is 1. The summed E-state index contributed by atoms with van der Waals surface area (Å²) in [4.78, 5) is 33.3. The number of hydrogen-bond acceptors (Lipinski definition) is 5. The highest BCUT2D eigenvalue weighted by Gasteiger charge is 2.11. The molecule has 0 aromatic heterocycles. The molecule has 3 N–H and O–H groups in total. The molecule has 7 heteroatoms. The summed E-state index contributed by atoms with van der Waals surface area (Å²) in [6.45, 7) is 2.50. The van der Waals surface area contributed by atoms with Gasteiger partial charge in [0.15, 0.2) is 0 Å². The van der Waals surface area contributed by atoms with E-state index in [2.05, 4.69) is 5.32 Å². The fourth-order valence-corrected chi connectivity index (χ4v) is 1.73. The number of esters is 1. The van der Waals surface area contributed by atoms with Gasteiger partial charge in [-0.05, 0) is 30.2 Å². The standard InChI is InChI=1S/C15H19NO6/c1-2-3-4-22-13(17)9-16-8-10-5-11(14(18)19)7-12(6-10)15(20)21/h5-7,16H,2-4,8-9H2,1H3,(H,18,19)(H,20,21). The molecule has 0 amide bonds. The summed E-state index contributed by atoms with van der Waals surface area (Å²) in [5.41, 5.74) is 0.253. The topological polar surface area (TPSA) is 113 Å². The molecule has 0 aliphatic rings. The second kappa shape index (κ2) is 8.78. The van der Waals surface area contributed by atoms with Gasteiger partial charge in [-0.3, -0.25) is 4.79 Å². The van der Waals surface area contributed by atoms with Gasteiger partial charge in [-0.15, -0.1) is 0 Å². The minimum Gasteiger partial charge on any atom is -0.478 e. The molecule has 0 spiro atoms. The molecule has 0 heterocycles. The highest BCUT2D eigenvalue weighted by molar-refractivity contribution is 5.94. The van der Waals surface area contributed by atoms with Crippen molar-refractivity contribution in [1.82, 2.24) is 5.32 Å². The Morgan fingerprint density at radius 1 is 1.09 bits per heavy atom. The molecule has 1 aromatic carbocycles. The molecular formula is C15H19NO6. The van der Waals surface area contributed by atoms with E-state index in [4.69, 9.17) is 14.9 Å². The average molecular weight is 309 g/mol. The van der Waals surface area contributed by atoms with Crippen LogP contribution in [0, 0.1) is 0 Å². The molecule has 0 bridgehead atoms. The Kier molecular flexibility index (Phi) is 7.04. The third kappa shape index (κ3) is 5.92. The molecule has 0 radical (unpaired) electrons. The predicted molar refractivity (Wildman–Crippen MR) is 77.9 cm³/mol. The van der Waals surface area contributed by atoms with Crippen molar-refractivity contribution in [3.05, 3.63) is 34.9 Å². The molecule has 1 aromatic rings. The van der Waals surface area contributed by atoms with E-state index in [1.54, 1.807) is 0 Å². The van der Waals surface area contributed by atoms with Crippen molar-refractivity contribution in [2.75, 3.05) is 13.2 Å². The summed E-state index contributed by atoms with van der Waals surface area (Å²) in [7, 11) is 0. The maximum Gasteiger partial charge on any atom is 0.335 e. The van der Waals surface area contributed by atoms with Gasteiger partial charge in [0.1, 0.15) is 0 Å². The summed E-state index contributed by atoms with van der Waals surface area (Å²) in [6.07, 6.45) is 1.73. The van der Waals surface area contributed by atoms with Crippen molar-refractivity contribution in [3.8, 4) is 0 Å². The van der Waals surface area contributed by atoms with Gasteiger partial charge in [-0.2, -0.15) is 0 Å². The number of unbranched alkanes of at least 4 members (excludes halogenated alkanes) is 1. The van der Waals surface area contributed by atoms with Gasteiger partial charge in [0.25, 0.3) is 0 Å². The van der Waals surface area contributed by atoms with E-state index in [0.29, 0.717) is 12.2 Å². The molecule has 0 aliphatic carbocycles. The Balaban J connectivity index is 2.60. The number of carbonyl (C=O) groups excluding carboxylic acids is 1. The number of rotatable bonds is 9. The van der Waals surface area contributed by atoms with Crippen LogP contribution in [0.2, 0.25) is 0 Å². The number of aromatic carboxylic acids is 2. The number of nitrogens with one attached hydrogen (secondary N) is 1. The van der Waals surface area contributed by atoms with Crippen molar-refractivity contribution in [1.29, 1.82) is 0 Å². The predicted octanol–water partition coefficient (Wildman–Crippen LogP) is 1.52. The van der Waals surface area contributed by atoms with Gasteiger partial charge < -0.3 is 20.3 Å². The zero-order valence-corrected chi connectivity index (χ0v) is 12.3. The second-order valence-electron chi connectivity index (χ2n) is 4.71. The third-order valence-electron chi connectivity index (χ3n) is 2.85. The van der Waals surface area contributed by atoms with E-state index in [9.17, 15) is 14.4 Å². The molecule has 7 nitrogen and oxygen atoms in total. The van der Waals surface area contributed by atoms with Crippen LogP contribution in [0.1, 0.15) is 46.0 Å². The van der Waals surface area contributed by atoms with Crippen molar-refractivity contribution < 1.29 is 29.3 Å². The first-order valence-electron chi connectivity index (χ1n) is 6.91. The first-order valence-corrected chi connectivity index (χ1v) is 6.91. The maximum absolute atomic E-state index is 11.4. The molecular weight excluding hydrogens is 290 g/mol. The highest BCUT2D eigenvalue weighted by Crippen LogP contribution is 2.11. The normalized spacial score (nSPS) is 10.2. The van der Waals surface area contributed by atoms with E-state index in [1.165, 1.54) is 12.1 Å². The van der Waals surface area contributed by atoms with Crippen molar-refractivity contribution >= 4 is 17.9 Å². The van der Waals surface area contributed by atoms with E-state index in [1.807, 2.05) is 6.92 Å². The van der Waals surface area contributed by atoms with Crippen molar-refractivity contribution in [3.63, 3.8) is 0 Å². The highest BCUT2D eigenvalue weighted by atomic mass is 16.5. The Morgan fingerprint density at radius 3 is 2.18 bits per heavy atom. The molecule has 0 aliphatic heterocycles. The van der Waals surface area contributed by atoms with E-state index in [-0.39, 0.29) is 24.2 Å². The monoisotopic (exact) mass is 309 g/mol. The molecule has 0 saturated carbocycles. The number of carbonyl (C=O) groups is 3.